The molecule has 4 nitrogen and oxygen atoms in total. The fourth-order valence-corrected chi connectivity index (χ4v) is 3.39. The summed E-state index contributed by atoms with van der Waals surface area (Å²) in [6.07, 6.45) is 5.96. The Morgan fingerprint density at radius 1 is 1.21 bits per heavy atom. The van der Waals surface area contributed by atoms with Gasteiger partial charge in [0.15, 0.2) is 0 Å². The molecule has 0 radical (unpaired) electrons. The van der Waals surface area contributed by atoms with Crippen LogP contribution in [0.4, 0.5) is 5.69 Å². The number of aromatic nitrogens is 1. The Labute approximate surface area is 114 Å². The van der Waals surface area contributed by atoms with Crippen LogP contribution in [0.15, 0.2) is 18.3 Å². The smallest absolute Gasteiger partial charge is 0.215 e. The van der Waals surface area contributed by atoms with Crippen LogP contribution in [0, 0.1) is 11.8 Å². The molecule has 1 aliphatic carbocycles. The maximum atomic E-state index is 5.89. The summed E-state index contributed by atoms with van der Waals surface area (Å²) in [6.45, 7) is 4.70. The normalized spacial score (nSPS) is 30.2. The van der Waals surface area contributed by atoms with Crippen LogP contribution in [-0.2, 0) is 0 Å². The van der Waals surface area contributed by atoms with E-state index in [0.29, 0.717) is 6.10 Å². The van der Waals surface area contributed by atoms with Crippen LogP contribution < -0.4 is 15.0 Å². The summed E-state index contributed by atoms with van der Waals surface area (Å²) in [6, 6.07) is 4.23. The highest BCUT2D eigenvalue weighted by Gasteiger charge is 2.36. The summed E-state index contributed by atoms with van der Waals surface area (Å²) in [5.41, 5.74) is 1.28. The van der Waals surface area contributed by atoms with Crippen molar-refractivity contribution in [2.24, 2.45) is 11.8 Å². The van der Waals surface area contributed by atoms with Crippen LogP contribution in [0.3, 0.4) is 0 Å². The zero-order chi connectivity index (χ0) is 12.7. The molecule has 4 rings (SSSR count). The summed E-state index contributed by atoms with van der Waals surface area (Å²) in [5, 5.41) is 3.49. The van der Waals surface area contributed by atoms with E-state index in [-0.39, 0.29) is 0 Å². The second-order valence-corrected chi connectivity index (χ2v) is 6.11. The van der Waals surface area contributed by atoms with Gasteiger partial charge in [0.2, 0.25) is 5.88 Å². The van der Waals surface area contributed by atoms with Gasteiger partial charge >= 0.3 is 0 Å². The molecule has 2 atom stereocenters. The van der Waals surface area contributed by atoms with Crippen molar-refractivity contribution in [3.8, 4) is 5.88 Å². The summed E-state index contributed by atoms with van der Waals surface area (Å²) < 4.78 is 5.89. The van der Waals surface area contributed by atoms with Gasteiger partial charge in [-0.2, -0.15) is 0 Å². The van der Waals surface area contributed by atoms with Gasteiger partial charge < -0.3 is 15.0 Å². The van der Waals surface area contributed by atoms with Gasteiger partial charge in [-0.15, -0.1) is 0 Å². The van der Waals surface area contributed by atoms with Crippen LogP contribution in [0.2, 0.25) is 0 Å². The second kappa shape index (κ2) is 4.67. The first-order valence-corrected chi connectivity index (χ1v) is 7.47. The van der Waals surface area contributed by atoms with Gasteiger partial charge in [0.1, 0.15) is 6.10 Å². The minimum absolute atomic E-state index is 0.407. The van der Waals surface area contributed by atoms with E-state index < -0.39 is 0 Å². The first kappa shape index (κ1) is 11.5. The Kier molecular flexibility index (Phi) is 2.84. The minimum atomic E-state index is 0.407. The Balaban J connectivity index is 1.47. The number of anilines is 1. The van der Waals surface area contributed by atoms with Crippen LogP contribution in [-0.4, -0.2) is 37.3 Å². The highest BCUT2D eigenvalue weighted by Crippen LogP contribution is 2.32. The average Bonchev–Trinajstić information content (AvgIpc) is 2.95. The Morgan fingerprint density at radius 2 is 2.00 bits per heavy atom. The molecule has 2 saturated heterocycles. The summed E-state index contributed by atoms with van der Waals surface area (Å²) in [7, 11) is 0. The first-order valence-electron chi connectivity index (χ1n) is 7.47. The van der Waals surface area contributed by atoms with Crippen molar-refractivity contribution in [1.29, 1.82) is 0 Å². The monoisotopic (exact) mass is 259 g/mol. The Morgan fingerprint density at radius 3 is 2.68 bits per heavy atom. The predicted octanol–water partition coefficient (Wildman–Crippen LogP) is 1.67. The molecule has 1 saturated carbocycles. The maximum absolute atomic E-state index is 5.89. The van der Waals surface area contributed by atoms with E-state index in [2.05, 4.69) is 27.3 Å². The van der Waals surface area contributed by atoms with Crippen molar-refractivity contribution in [3.05, 3.63) is 18.3 Å². The van der Waals surface area contributed by atoms with Crippen LogP contribution in [0.25, 0.3) is 0 Å². The highest BCUT2D eigenvalue weighted by atomic mass is 16.5. The number of fused-ring (bicyclic) bond motifs is 1. The van der Waals surface area contributed by atoms with Gasteiger partial charge in [0.05, 0.1) is 0 Å². The topological polar surface area (TPSA) is 37.4 Å². The van der Waals surface area contributed by atoms with Crippen molar-refractivity contribution in [2.75, 3.05) is 31.1 Å². The van der Waals surface area contributed by atoms with Crippen LogP contribution in [0.1, 0.15) is 19.3 Å². The molecule has 0 amide bonds. The SMILES string of the molecule is c1cc(N2CC3CNCC3C2)cc(OC2CCC2)n1. The Bertz CT molecular complexity index is 448. The molecule has 4 heteroatoms. The predicted molar refractivity (Wildman–Crippen MR) is 74.6 cm³/mol. The summed E-state index contributed by atoms with van der Waals surface area (Å²) in [4.78, 5) is 6.84. The standard InChI is InChI=1S/C15H21N3O/c1-2-14(3-1)19-15-6-13(4-5-17-15)18-9-11-7-16-8-12(11)10-18/h4-6,11-12,14,16H,1-3,7-10H2. The number of hydrogen-bond acceptors (Lipinski definition) is 4. The van der Waals surface area contributed by atoms with Crippen molar-refractivity contribution < 1.29 is 4.74 Å². The zero-order valence-corrected chi connectivity index (χ0v) is 11.2. The molecule has 3 heterocycles. The molecule has 1 N–H and O–H groups in total. The van der Waals surface area contributed by atoms with Crippen molar-refractivity contribution in [3.63, 3.8) is 0 Å². The lowest BCUT2D eigenvalue weighted by molar-refractivity contribution is 0.114. The van der Waals surface area contributed by atoms with Gasteiger partial charge in [0, 0.05) is 44.1 Å². The summed E-state index contributed by atoms with van der Waals surface area (Å²) in [5.74, 6) is 2.45. The van der Waals surface area contributed by atoms with E-state index in [1.165, 1.54) is 51.1 Å². The van der Waals surface area contributed by atoms with E-state index >= 15 is 0 Å². The third kappa shape index (κ3) is 2.18. The van der Waals surface area contributed by atoms with Gasteiger partial charge in [-0.05, 0) is 37.2 Å². The molecule has 102 valence electrons. The lowest BCUT2D eigenvalue weighted by Crippen LogP contribution is -2.26. The molecule has 0 spiro atoms. The molecule has 3 fully saturated rings. The van der Waals surface area contributed by atoms with Crippen molar-refractivity contribution >= 4 is 5.69 Å². The van der Waals surface area contributed by atoms with Gasteiger partial charge in [0.25, 0.3) is 0 Å². The first-order chi connectivity index (χ1) is 9.38. The molecule has 3 aliphatic rings. The number of nitrogens with zero attached hydrogens (tertiary/aromatic N) is 2. The van der Waals surface area contributed by atoms with Crippen LogP contribution in [0.5, 0.6) is 5.88 Å². The molecule has 0 aromatic carbocycles. The third-order valence-corrected chi connectivity index (χ3v) is 4.81. The fourth-order valence-electron chi connectivity index (χ4n) is 3.39. The molecule has 19 heavy (non-hydrogen) atoms. The molecular formula is C15H21N3O. The number of rotatable bonds is 3. The van der Waals surface area contributed by atoms with Crippen molar-refractivity contribution in [2.45, 2.75) is 25.4 Å². The number of nitrogens with one attached hydrogen (secondary N) is 1. The van der Waals surface area contributed by atoms with Crippen LogP contribution >= 0.6 is 0 Å². The molecule has 1 aromatic rings. The third-order valence-electron chi connectivity index (χ3n) is 4.81. The molecular weight excluding hydrogens is 238 g/mol. The summed E-state index contributed by atoms with van der Waals surface area (Å²) >= 11 is 0. The van der Waals surface area contributed by atoms with Gasteiger partial charge in [-0.1, -0.05) is 0 Å². The number of pyridine rings is 1. The largest absolute Gasteiger partial charge is 0.474 e. The Hall–Kier alpha value is -1.29. The molecule has 2 unspecified atom stereocenters. The second-order valence-electron chi connectivity index (χ2n) is 6.11. The average molecular weight is 259 g/mol. The molecule has 0 bridgehead atoms. The lowest BCUT2D eigenvalue weighted by Gasteiger charge is -2.26. The molecule has 1 aromatic heterocycles. The van der Waals surface area contributed by atoms with E-state index in [9.17, 15) is 0 Å². The minimum Gasteiger partial charge on any atom is -0.474 e. The highest BCUT2D eigenvalue weighted by molar-refractivity contribution is 5.49. The number of ether oxygens (including phenoxy) is 1. The van der Waals surface area contributed by atoms with E-state index in [0.717, 1.165) is 17.7 Å². The number of hydrogen-bond donors (Lipinski definition) is 1. The zero-order valence-electron chi connectivity index (χ0n) is 11.2. The van der Waals surface area contributed by atoms with E-state index in [1.807, 2.05) is 6.20 Å². The lowest BCUT2D eigenvalue weighted by atomic mass is 9.96. The quantitative estimate of drug-likeness (QED) is 0.896. The fraction of sp³-hybridized carbons (Fsp3) is 0.667. The molecule has 2 aliphatic heterocycles. The van der Waals surface area contributed by atoms with Crippen molar-refractivity contribution in [1.82, 2.24) is 10.3 Å². The van der Waals surface area contributed by atoms with E-state index in [4.69, 9.17) is 4.74 Å². The maximum Gasteiger partial charge on any atom is 0.215 e. The van der Waals surface area contributed by atoms with Gasteiger partial charge in [-0.25, -0.2) is 4.98 Å². The van der Waals surface area contributed by atoms with Gasteiger partial charge in [-0.3, -0.25) is 0 Å². The van der Waals surface area contributed by atoms with E-state index in [1.54, 1.807) is 0 Å².